The predicted molar refractivity (Wildman–Crippen MR) is 96.2 cm³/mol. The maximum absolute atomic E-state index is 12.3. The molecule has 2 aromatic rings. The van der Waals surface area contributed by atoms with Crippen molar-refractivity contribution in [3.63, 3.8) is 0 Å². The molecule has 1 fully saturated rings. The Bertz CT molecular complexity index is 888. The van der Waals surface area contributed by atoms with Gasteiger partial charge in [0, 0.05) is 10.7 Å². The van der Waals surface area contributed by atoms with Gasteiger partial charge in [0.1, 0.15) is 6.07 Å². The van der Waals surface area contributed by atoms with Crippen molar-refractivity contribution in [1.29, 1.82) is 5.26 Å². The number of anilines is 2. The zero-order valence-electron chi connectivity index (χ0n) is 13.5. The molecule has 0 bridgehead atoms. The largest absolute Gasteiger partial charge is 0.326 e. The third-order valence-corrected chi connectivity index (χ3v) is 4.45. The number of carbonyl (C=O) groups excluding carboxylic acids is 2. The van der Waals surface area contributed by atoms with Gasteiger partial charge in [-0.05, 0) is 49.2 Å². The lowest BCUT2D eigenvalue weighted by molar-refractivity contribution is -0.122. The van der Waals surface area contributed by atoms with Crippen LogP contribution in [0.1, 0.15) is 17.5 Å². The number of carbonyl (C=O) groups is 2. The maximum atomic E-state index is 12.3. The number of halogens is 1. The Morgan fingerprint density at radius 3 is 2.36 bits per heavy atom. The average Bonchev–Trinajstić information content (AvgIpc) is 3.39. The summed E-state index contributed by atoms with van der Waals surface area (Å²) >= 11 is 5.91. The lowest BCUT2D eigenvalue weighted by Gasteiger charge is -2.09. The van der Waals surface area contributed by atoms with Crippen molar-refractivity contribution in [3.8, 4) is 6.07 Å². The fourth-order valence-corrected chi connectivity index (χ4v) is 2.91. The molecule has 2 N–H and O–H groups in total. The van der Waals surface area contributed by atoms with Gasteiger partial charge < -0.3 is 10.6 Å². The normalized spacial score (nSPS) is 18.1. The summed E-state index contributed by atoms with van der Waals surface area (Å²) in [5.74, 6) is -1.15. The molecule has 6 heteroatoms. The lowest BCUT2D eigenvalue weighted by atomic mass is 10.1. The zero-order chi connectivity index (χ0) is 18.0. The second-order valence-electron chi connectivity index (χ2n) is 6.04. The van der Waals surface area contributed by atoms with E-state index in [2.05, 4.69) is 10.6 Å². The standard InChI is InChI=1S/C19H16ClN3O2/c1-11-8-13(20)6-7-16(11)22-18(24)14-9-15(14)19(25)23-17-5-3-2-4-12(17)10-21/h2-8,14-15H,9H2,1H3,(H,22,24)(H,23,25). The highest BCUT2D eigenvalue weighted by atomic mass is 35.5. The number of benzene rings is 2. The summed E-state index contributed by atoms with van der Waals surface area (Å²) in [6.07, 6.45) is 0.499. The Morgan fingerprint density at radius 1 is 1.08 bits per heavy atom. The number of rotatable bonds is 4. The van der Waals surface area contributed by atoms with Crippen molar-refractivity contribution in [3.05, 3.63) is 58.6 Å². The fraction of sp³-hybridized carbons (Fsp3) is 0.211. The van der Waals surface area contributed by atoms with Crippen LogP contribution in [0, 0.1) is 30.1 Å². The van der Waals surface area contributed by atoms with E-state index >= 15 is 0 Å². The number of hydrogen-bond donors (Lipinski definition) is 2. The minimum Gasteiger partial charge on any atom is -0.326 e. The molecule has 1 aliphatic carbocycles. The van der Waals surface area contributed by atoms with E-state index in [1.54, 1.807) is 42.5 Å². The summed E-state index contributed by atoms with van der Waals surface area (Å²) in [6.45, 7) is 1.86. The molecule has 0 heterocycles. The quantitative estimate of drug-likeness (QED) is 0.878. The van der Waals surface area contributed by atoms with Crippen molar-refractivity contribution in [2.75, 3.05) is 10.6 Å². The van der Waals surface area contributed by atoms with Crippen molar-refractivity contribution >= 4 is 34.8 Å². The van der Waals surface area contributed by atoms with Gasteiger partial charge in [-0.3, -0.25) is 9.59 Å². The van der Waals surface area contributed by atoms with Crippen molar-refractivity contribution in [1.82, 2.24) is 0 Å². The number of amides is 2. The van der Waals surface area contributed by atoms with E-state index in [4.69, 9.17) is 16.9 Å². The van der Waals surface area contributed by atoms with Crippen molar-refractivity contribution in [2.24, 2.45) is 11.8 Å². The third-order valence-electron chi connectivity index (χ3n) is 4.22. The molecule has 0 spiro atoms. The Morgan fingerprint density at radius 2 is 1.72 bits per heavy atom. The van der Waals surface area contributed by atoms with Crippen LogP contribution in [-0.4, -0.2) is 11.8 Å². The number of hydrogen-bond acceptors (Lipinski definition) is 3. The van der Waals surface area contributed by atoms with Crippen LogP contribution in [0.2, 0.25) is 5.02 Å². The van der Waals surface area contributed by atoms with E-state index in [0.717, 1.165) is 5.56 Å². The minimum absolute atomic E-state index is 0.181. The Hall–Kier alpha value is -2.84. The summed E-state index contributed by atoms with van der Waals surface area (Å²) in [5, 5.41) is 15.2. The van der Waals surface area contributed by atoms with Gasteiger partial charge in [0.2, 0.25) is 11.8 Å². The van der Waals surface area contributed by atoms with E-state index in [-0.39, 0.29) is 23.7 Å². The molecule has 1 saturated carbocycles. The summed E-state index contributed by atoms with van der Waals surface area (Å²) in [5.41, 5.74) is 2.42. The van der Waals surface area contributed by atoms with E-state index in [0.29, 0.717) is 28.4 Å². The van der Waals surface area contributed by atoms with Gasteiger partial charge in [0.25, 0.3) is 0 Å². The molecule has 25 heavy (non-hydrogen) atoms. The van der Waals surface area contributed by atoms with Crippen LogP contribution in [0.3, 0.4) is 0 Å². The Kier molecular flexibility index (Phi) is 4.73. The lowest BCUT2D eigenvalue weighted by Crippen LogP contribution is -2.21. The highest BCUT2D eigenvalue weighted by Crippen LogP contribution is 2.40. The molecule has 2 unspecified atom stereocenters. The molecule has 0 aromatic heterocycles. The predicted octanol–water partition coefficient (Wildman–Crippen LogP) is 3.73. The average molecular weight is 354 g/mol. The summed E-state index contributed by atoms with van der Waals surface area (Å²) in [4.78, 5) is 24.6. The van der Waals surface area contributed by atoms with Crippen LogP contribution in [0.4, 0.5) is 11.4 Å². The molecule has 5 nitrogen and oxygen atoms in total. The van der Waals surface area contributed by atoms with Gasteiger partial charge in [0.15, 0.2) is 0 Å². The maximum Gasteiger partial charge on any atom is 0.228 e. The summed E-state index contributed by atoms with van der Waals surface area (Å²) < 4.78 is 0. The topological polar surface area (TPSA) is 82.0 Å². The Labute approximate surface area is 150 Å². The van der Waals surface area contributed by atoms with Gasteiger partial charge >= 0.3 is 0 Å². The first-order chi connectivity index (χ1) is 12.0. The molecule has 126 valence electrons. The monoisotopic (exact) mass is 353 g/mol. The number of nitrogens with zero attached hydrogens (tertiary/aromatic N) is 1. The van der Waals surface area contributed by atoms with E-state index in [1.165, 1.54) is 0 Å². The van der Waals surface area contributed by atoms with Crippen molar-refractivity contribution in [2.45, 2.75) is 13.3 Å². The number of nitriles is 1. The summed E-state index contributed by atoms with van der Waals surface area (Å²) in [6, 6.07) is 14.0. The van der Waals surface area contributed by atoms with Crippen LogP contribution in [0.5, 0.6) is 0 Å². The van der Waals surface area contributed by atoms with Gasteiger partial charge in [0.05, 0.1) is 23.1 Å². The van der Waals surface area contributed by atoms with Gasteiger partial charge in [-0.25, -0.2) is 0 Å². The third kappa shape index (κ3) is 3.81. The van der Waals surface area contributed by atoms with Gasteiger partial charge in [-0.2, -0.15) is 5.26 Å². The first-order valence-corrected chi connectivity index (χ1v) is 8.24. The fourth-order valence-electron chi connectivity index (χ4n) is 2.68. The first-order valence-electron chi connectivity index (χ1n) is 7.86. The molecular formula is C19H16ClN3O2. The summed E-state index contributed by atoms with van der Waals surface area (Å²) in [7, 11) is 0. The van der Waals surface area contributed by atoms with Crippen LogP contribution in [0.25, 0.3) is 0 Å². The van der Waals surface area contributed by atoms with Gasteiger partial charge in [-0.1, -0.05) is 23.7 Å². The molecular weight excluding hydrogens is 338 g/mol. The molecule has 3 rings (SSSR count). The first kappa shape index (κ1) is 17.0. The molecule has 2 amide bonds. The van der Waals surface area contributed by atoms with Gasteiger partial charge in [-0.15, -0.1) is 0 Å². The smallest absolute Gasteiger partial charge is 0.228 e. The molecule has 1 aliphatic rings. The highest BCUT2D eigenvalue weighted by Gasteiger charge is 2.48. The SMILES string of the molecule is Cc1cc(Cl)ccc1NC(=O)C1CC1C(=O)Nc1ccccc1C#N. The highest BCUT2D eigenvalue weighted by molar-refractivity contribution is 6.30. The molecule has 0 radical (unpaired) electrons. The molecule has 0 aliphatic heterocycles. The second-order valence-corrected chi connectivity index (χ2v) is 6.48. The number of nitrogens with one attached hydrogen (secondary N) is 2. The molecule has 2 atom stereocenters. The van der Waals surface area contributed by atoms with Crippen LogP contribution in [-0.2, 0) is 9.59 Å². The number of para-hydroxylation sites is 1. The number of aryl methyl sites for hydroxylation is 1. The molecule has 2 aromatic carbocycles. The van der Waals surface area contributed by atoms with E-state index in [9.17, 15) is 9.59 Å². The van der Waals surface area contributed by atoms with Crippen molar-refractivity contribution < 1.29 is 9.59 Å². The van der Waals surface area contributed by atoms with Crippen LogP contribution >= 0.6 is 11.6 Å². The van der Waals surface area contributed by atoms with Crippen LogP contribution < -0.4 is 10.6 Å². The van der Waals surface area contributed by atoms with E-state index < -0.39 is 0 Å². The van der Waals surface area contributed by atoms with E-state index in [1.807, 2.05) is 13.0 Å². The van der Waals surface area contributed by atoms with Crippen LogP contribution in [0.15, 0.2) is 42.5 Å². The zero-order valence-corrected chi connectivity index (χ0v) is 14.3. The second kappa shape index (κ2) is 6.96. The minimum atomic E-state index is -0.376. The Balaban J connectivity index is 1.61. The molecule has 0 saturated heterocycles.